The fourth-order valence-corrected chi connectivity index (χ4v) is 13.9. The summed E-state index contributed by atoms with van der Waals surface area (Å²) in [6.07, 6.45) is 113. The van der Waals surface area contributed by atoms with Gasteiger partial charge in [-0.05, 0) is 148 Å². The van der Waals surface area contributed by atoms with E-state index in [9.17, 15) is 43.5 Å². The summed E-state index contributed by atoms with van der Waals surface area (Å²) in [5.74, 6) is -1.58. The average molecular weight is 1650 g/mol. The quantitative estimate of drug-likeness (QED) is 0.0146. The maximum absolute atomic E-state index is 13.0. The number of rotatable bonds is 86. The molecule has 115 heavy (non-hydrogen) atoms. The topological polar surface area (TPSA) is 231 Å². The van der Waals surface area contributed by atoms with Crippen molar-refractivity contribution in [3.63, 3.8) is 0 Å². The van der Waals surface area contributed by atoms with Crippen LogP contribution in [0.1, 0.15) is 380 Å². The van der Waals surface area contributed by atoms with Crippen LogP contribution in [0.3, 0.4) is 0 Å². The van der Waals surface area contributed by atoms with E-state index in [1.165, 1.54) is 154 Å². The van der Waals surface area contributed by atoms with E-state index < -0.39 is 91.5 Å². The first-order valence-corrected chi connectivity index (χ1v) is 48.8. The molecule has 5 atom stereocenters. The molecule has 0 aliphatic rings. The summed E-state index contributed by atoms with van der Waals surface area (Å²) in [6, 6.07) is 0. The van der Waals surface area contributed by atoms with Gasteiger partial charge in [-0.3, -0.25) is 32.5 Å². The molecule has 0 rings (SSSR count). The standard InChI is InChI=1S/C97H166O16P2/c1-4-7-10-13-16-19-22-25-28-30-32-34-36-38-40-42-43-44-45-46-47-49-51-52-54-56-58-60-63-65-68-71-74-77-80-83-95(100)107-86-92(98)87-109-114(103,104)110-88-93(99)89-111-115(105,106)112-91-94(113-97(102)85-82-79-76-73-70-67-62-27-24-21-18-15-12-9-6-3)90-108-96(101)84-81-78-75-72-69-66-64-61-59-57-55-53-50-48-41-39-37-35-33-31-29-26-23-20-17-14-11-8-5-2/h7-8,10-11,16-21,25-29,32-35,38-41,43-44,62,92-94,98-99H,4-6,9,12-15,22-24,30-31,36-37,42,45-61,63-91H2,1-3H3,(H,103,104)(H,105,106)/b10-7-,11-8-,19-16-,20-17-,21-18-,28-25-,29-26-,34-32-,35-33-,40-38-,41-39-,44-43-,62-27-. The number of carbonyl (C=O) groups excluding carboxylic acids is 3. The number of phosphoric ester groups is 2. The number of unbranched alkanes of at least 4 members (excludes halogenated alkanes) is 37. The Kier molecular flexibility index (Phi) is 84.7. The van der Waals surface area contributed by atoms with Crippen LogP contribution in [0.15, 0.2) is 158 Å². The molecule has 660 valence electrons. The van der Waals surface area contributed by atoms with Gasteiger partial charge in [0.15, 0.2) is 6.10 Å². The Labute approximate surface area is 701 Å². The van der Waals surface area contributed by atoms with Crippen LogP contribution in [-0.2, 0) is 55.8 Å². The second-order valence-electron chi connectivity index (χ2n) is 30.3. The molecule has 0 aromatic carbocycles. The molecule has 0 aliphatic carbocycles. The number of phosphoric acid groups is 2. The molecule has 0 heterocycles. The first-order chi connectivity index (χ1) is 56.2. The first kappa shape index (κ1) is 110. The zero-order valence-electron chi connectivity index (χ0n) is 72.7. The van der Waals surface area contributed by atoms with Gasteiger partial charge in [0.25, 0.3) is 0 Å². The predicted octanol–water partition coefficient (Wildman–Crippen LogP) is 28.1. The molecule has 0 saturated carbocycles. The van der Waals surface area contributed by atoms with E-state index in [1.54, 1.807) is 0 Å². The minimum absolute atomic E-state index is 0.0869. The SMILES string of the molecule is CC/C=C\C/C=C\C/C=C\C/C=C\C/C=C\C/C=C\CCCCCCCCCCCCCCCCCCC(=O)OCC(O)COP(=O)(O)OCC(O)COP(=O)(O)OCC(COC(=O)CCCCCCCCCCCCCCC/C=C\C/C=C\C/C=C\C/C=C\C/C=C\CC)OC(=O)CCCCCCC/C=C\C/C=C\CCCCC. The number of aliphatic hydroxyl groups is 2. The van der Waals surface area contributed by atoms with Gasteiger partial charge in [-0.25, -0.2) is 9.13 Å². The summed E-state index contributed by atoms with van der Waals surface area (Å²) in [4.78, 5) is 58.9. The molecule has 0 saturated heterocycles. The number of esters is 3. The highest BCUT2D eigenvalue weighted by molar-refractivity contribution is 7.47. The van der Waals surface area contributed by atoms with Gasteiger partial charge in [-0.1, -0.05) is 371 Å². The summed E-state index contributed by atoms with van der Waals surface area (Å²) in [6.45, 7) is 2.45. The minimum Gasteiger partial charge on any atom is -0.463 e. The van der Waals surface area contributed by atoms with E-state index >= 15 is 0 Å². The third-order valence-corrected chi connectivity index (χ3v) is 21.1. The lowest BCUT2D eigenvalue weighted by Crippen LogP contribution is -2.30. The highest BCUT2D eigenvalue weighted by Crippen LogP contribution is 2.45. The summed E-state index contributed by atoms with van der Waals surface area (Å²) in [7, 11) is -9.81. The maximum atomic E-state index is 13.0. The summed E-state index contributed by atoms with van der Waals surface area (Å²) in [5, 5.41) is 20.7. The number of hydrogen-bond acceptors (Lipinski definition) is 14. The third kappa shape index (κ3) is 89.8. The minimum atomic E-state index is -4.94. The number of aliphatic hydroxyl groups excluding tert-OH is 2. The van der Waals surface area contributed by atoms with Crippen molar-refractivity contribution in [2.45, 2.75) is 399 Å². The van der Waals surface area contributed by atoms with Crippen LogP contribution in [0.2, 0.25) is 0 Å². The Morgan fingerprint density at radius 1 is 0.252 bits per heavy atom. The molecule has 0 radical (unpaired) electrons. The molecule has 0 spiro atoms. The van der Waals surface area contributed by atoms with Crippen molar-refractivity contribution in [3.8, 4) is 0 Å². The Morgan fingerprint density at radius 3 is 0.730 bits per heavy atom. The molecular formula is C97H166O16P2. The lowest BCUT2D eigenvalue weighted by atomic mass is 10.0. The van der Waals surface area contributed by atoms with E-state index in [0.29, 0.717) is 19.3 Å². The fraction of sp³-hybridized carbons (Fsp3) is 0.701. The molecule has 0 fully saturated rings. The summed E-state index contributed by atoms with van der Waals surface area (Å²) < 4.78 is 61.4. The van der Waals surface area contributed by atoms with Gasteiger partial charge < -0.3 is 34.2 Å². The van der Waals surface area contributed by atoms with E-state index in [2.05, 4.69) is 179 Å². The lowest BCUT2D eigenvalue weighted by molar-refractivity contribution is -0.161. The zero-order valence-corrected chi connectivity index (χ0v) is 74.5. The number of ether oxygens (including phenoxy) is 3. The van der Waals surface area contributed by atoms with E-state index in [0.717, 1.165) is 167 Å². The molecule has 0 aromatic heterocycles. The number of hydrogen-bond donors (Lipinski definition) is 4. The van der Waals surface area contributed by atoms with Crippen LogP contribution in [0.4, 0.5) is 0 Å². The molecule has 18 heteroatoms. The van der Waals surface area contributed by atoms with Crippen LogP contribution in [0, 0.1) is 0 Å². The summed E-state index contributed by atoms with van der Waals surface area (Å²) in [5.41, 5.74) is 0. The first-order valence-electron chi connectivity index (χ1n) is 45.8. The molecular weight excluding hydrogens is 1480 g/mol. The van der Waals surface area contributed by atoms with Gasteiger partial charge in [0.2, 0.25) is 0 Å². The van der Waals surface area contributed by atoms with Crippen molar-refractivity contribution >= 4 is 33.6 Å². The molecule has 16 nitrogen and oxygen atoms in total. The van der Waals surface area contributed by atoms with Crippen LogP contribution in [-0.4, -0.2) is 95.9 Å². The Hall–Kier alpha value is -4.83. The van der Waals surface area contributed by atoms with Gasteiger partial charge in [-0.15, -0.1) is 0 Å². The molecule has 0 aromatic rings. The van der Waals surface area contributed by atoms with Crippen LogP contribution in [0.25, 0.3) is 0 Å². The Morgan fingerprint density at radius 2 is 0.461 bits per heavy atom. The van der Waals surface area contributed by atoms with Crippen molar-refractivity contribution in [3.05, 3.63) is 158 Å². The normalized spacial score (nSPS) is 14.5. The van der Waals surface area contributed by atoms with Gasteiger partial charge in [0.1, 0.15) is 25.4 Å². The Balaban J connectivity index is 4.44. The van der Waals surface area contributed by atoms with Gasteiger partial charge in [-0.2, -0.15) is 0 Å². The van der Waals surface area contributed by atoms with Gasteiger partial charge in [0, 0.05) is 19.3 Å². The summed E-state index contributed by atoms with van der Waals surface area (Å²) >= 11 is 0. The van der Waals surface area contributed by atoms with E-state index in [4.69, 9.17) is 32.3 Å². The van der Waals surface area contributed by atoms with Crippen molar-refractivity contribution in [2.75, 3.05) is 39.6 Å². The second kappa shape index (κ2) is 88.5. The Bertz CT molecular complexity index is 2720. The van der Waals surface area contributed by atoms with Crippen LogP contribution < -0.4 is 0 Å². The smallest absolute Gasteiger partial charge is 0.463 e. The molecule has 0 bridgehead atoms. The fourth-order valence-electron chi connectivity index (χ4n) is 12.3. The highest BCUT2D eigenvalue weighted by atomic mass is 31.2. The van der Waals surface area contributed by atoms with Crippen molar-refractivity contribution in [1.82, 2.24) is 0 Å². The molecule has 5 unspecified atom stereocenters. The predicted molar refractivity (Wildman–Crippen MR) is 482 cm³/mol. The second-order valence-corrected chi connectivity index (χ2v) is 33.2. The van der Waals surface area contributed by atoms with E-state index in [1.807, 2.05) is 0 Å². The molecule has 0 aliphatic heterocycles. The average Bonchev–Trinajstić information content (AvgIpc) is 0.902. The maximum Gasteiger partial charge on any atom is 0.472 e. The largest absolute Gasteiger partial charge is 0.472 e. The van der Waals surface area contributed by atoms with Crippen molar-refractivity contribution in [2.24, 2.45) is 0 Å². The molecule has 4 N–H and O–H groups in total. The van der Waals surface area contributed by atoms with E-state index in [-0.39, 0.29) is 19.3 Å². The van der Waals surface area contributed by atoms with Crippen LogP contribution >= 0.6 is 15.6 Å². The monoisotopic (exact) mass is 1650 g/mol. The zero-order chi connectivity index (χ0) is 83.6. The highest BCUT2D eigenvalue weighted by Gasteiger charge is 2.29. The number of allylic oxidation sites excluding steroid dienone is 26. The number of carbonyl (C=O) groups is 3. The lowest BCUT2D eigenvalue weighted by Gasteiger charge is -2.21. The van der Waals surface area contributed by atoms with Gasteiger partial charge >= 0.3 is 33.6 Å². The van der Waals surface area contributed by atoms with Crippen molar-refractivity contribution in [1.29, 1.82) is 0 Å². The third-order valence-electron chi connectivity index (χ3n) is 19.2. The van der Waals surface area contributed by atoms with Crippen molar-refractivity contribution < 1.29 is 75.8 Å². The van der Waals surface area contributed by atoms with Crippen LogP contribution in [0.5, 0.6) is 0 Å². The van der Waals surface area contributed by atoms with Gasteiger partial charge in [0.05, 0.1) is 26.4 Å². The molecule has 0 amide bonds.